The largest absolute Gasteiger partial charge is 0.439 e. The van der Waals surface area contributed by atoms with Crippen molar-refractivity contribution in [3.05, 3.63) is 53.5 Å². The third-order valence-electron chi connectivity index (χ3n) is 2.46. The minimum absolute atomic E-state index is 0.125. The maximum absolute atomic E-state index is 13.4. The van der Waals surface area contributed by atoms with Crippen molar-refractivity contribution in [2.75, 3.05) is 0 Å². The molecular formula is C13H12FN3O2. The van der Waals surface area contributed by atoms with E-state index in [-0.39, 0.29) is 23.2 Å². The van der Waals surface area contributed by atoms with Crippen LogP contribution in [0.15, 0.2) is 41.6 Å². The van der Waals surface area contributed by atoms with Gasteiger partial charge in [-0.2, -0.15) is 0 Å². The SMILES string of the molecule is Cc1ccc(Oc2cccc(/C(N)=N/O)n2)cc1F. The van der Waals surface area contributed by atoms with Crippen LogP contribution in [0.5, 0.6) is 11.6 Å². The lowest BCUT2D eigenvalue weighted by atomic mass is 10.2. The summed E-state index contributed by atoms with van der Waals surface area (Å²) in [5.74, 6) is 0.0743. The van der Waals surface area contributed by atoms with Crippen molar-refractivity contribution in [2.45, 2.75) is 6.92 Å². The molecule has 6 heteroatoms. The van der Waals surface area contributed by atoms with Gasteiger partial charge in [-0.1, -0.05) is 17.3 Å². The van der Waals surface area contributed by atoms with Crippen LogP contribution in [0.25, 0.3) is 0 Å². The van der Waals surface area contributed by atoms with Gasteiger partial charge in [0.15, 0.2) is 5.84 Å². The number of amidine groups is 1. The number of aromatic nitrogens is 1. The summed E-state index contributed by atoms with van der Waals surface area (Å²) in [4.78, 5) is 4.03. The van der Waals surface area contributed by atoms with Crippen molar-refractivity contribution < 1.29 is 14.3 Å². The smallest absolute Gasteiger partial charge is 0.219 e. The van der Waals surface area contributed by atoms with Gasteiger partial charge in [-0.05, 0) is 24.6 Å². The maximum atomic E-state index is 13.4. The van der Waals surface area contributed by atoms with Gasteiger partial charge in [-0.3, -0.25) is 0 Å². The Morgan fingerprint density at radius 1 is 1.37 bits per heavy atom. The van der Waals surface area contributed by atoms with E-state index in [0.717, 1.165) is 0 Å². The zero-order valence-corrected chi connectivity index (χ0v) is 10.2. The first-order valence-electron chi connectivity index (χ1n) is 5.49. The predicted molar refractivity (Wildman–Crippen MR) is 68.0 cm³/mol. The number of pyridine rings is 1. The number of nitrogens with two attached hydrogens (primary N) is 1. The summed E-state index contributed by atoms with van der Waals surface area (Å²) in [5.41, 5.74) is 6.23. The van der Waals surface area contributed by atoms with Gasteiger partial charge in [0.2, 0.25) is 5.88 Å². The number of benzene rings is 1. The Hall–Kier alpha value is -2.63. The van der Waals surface area contributed by atoms with Crippen LogP contribution < -0.4 is 10.5 Å². The van der Waals surface area contributed by atoms with E-state index in [2.05, 4.69) is 10.1 Å². The number of ether oxygens (including phenoxy) is 1. The molecule has 0 saturated carbocycles. The molecule has 0 aliphatic rings. The van der Waals surface area contributed by atoms with E-state index in [0.29, 0.717) is 11.3 Å². The highest BCUT2D eigenvalue weighted by atomic mass is 19.1. The molecule has 0 bridgehead atoms. The van der Waals surface area contributed by atoms with Crippen molar-refractivity contribution in [1.29, 1.82) is 0 Å². The molecule has 0 saturated heterocycles. The number of nitrogens with zero attached hydrogens (tertiary/aromatic N) is 2. The van der Waals surface area contributed by atoms with Gasteiger partial charge in [0.25, 0.3) is 0 Å². The maximum Gasteiger partial charge on any atom is 0.219 e. The molecular weight excluding hydrogens is 249 g/mol. The molecule has 98 valence electrons. The van der Waals surface area contributed by atoms with Crippen molar-refractivity contribution in [3.8, 4) is 11.6 Å². The van der Waals surface area contributed by atoms with E-state index in [9.17, 15) is 4.39 Å². The van der Waals surface area contributed by atoms with Crippen LogP contribution in [0, 0.1) is 12.7 Å². The highest BCUT2D eigenvalue weighted by molar-refractivity contribution is 5.95. The molecule has 1 aromatic carbocycles. The first-order valence-corrected chi connectivity index (χ1v) is 5.49. The van der Waals surface area contributed by atoms with E-state index in [4.69, 9.17) is 15.7 Å². The fourth-order valence-electron chi connectivity index (χ4n) is 1.42. The first kappa shape index (κ1) is 12.8. The van der Waals surface area contributed by atoms with Gasteiger partial charge < -0.3 is 15.7 Å². The Balaban J connectivity index is 2.26. The van der Waals surface area contributed by atoms with Gasteiger partial charge in [0, 0.05) is 12.1 Å². The second kappa shape index (κ2) is 5.34. The minimum atomic E-state index is -0.356. The summed E-state index contributed by atoms with van der Waals surface area (Å²) in [5, 5.41) is 11.4. The zero-order valence-electron chi connectivity index (χ0n) is 10.2. The molecule has 2 aromatic rings. The molecule has 1 aromatic heterocycles. The Bertz CT molecular complexity index is 629. The normalized spacial score (nSPS) is 11.4. The molecule has 0 fully saturated rings. The molecule has 5 nitrogen and oxygen atoms in total. The standard InChI is InChI=1S/C13H12FN3O2/c1-8-5-6-9(7-10(8)14)19-12-4-2-3-11(16-12)13(15)17-18/h2-7,18H,1H3,(H2,15,17). The lowest BCUT2D eigenvalue weighted by molar-refractivity contribution is 0.318. The highest BCUT2D eigenvalue weighted by Crippen LogP contribution is 2.21. The van der Waals surface area contributed by atoms with Crippen LogP contribution in [-0.4, -0.2) is 16.0 Å². The number of hydrogen-bond acceptors (Lipinski definition) is 4. The number of rotatable bonds is 3. The van der Waals surface area contributed by atoms with Crippen molar-refractivity contribution >= 4 is 5.84 Å². The molecule has 0 aliphatic carbocycles. The second-order valence-electron chi connectivity index (χ2n) is 3.86. The summed E-state index contributed by atoms with van der Waals surface area (Å²) < 4.78 is 18.8. The van der Waals surface area contributed by atoms with Gasteiger partial charge in [0.05, 0.1) is 0 Å². The zero-order chi connectivity index (χ0) is 13.8. The Labute approximate surface area is 109 Å². The minimum Gasteiger partial charge on any atom is -0.439 e. The van der Waals surface area contributed by atoms with Crippen LogP contribution in [0.4, 0.5) is 4.39 Å². The quantitative estimate of drug-likeness (QED) is 0.385. The highest BCUT2D eigenvalue weighted by Gasteiger charge is 2.05. The van der Waals surface area contributed by atoms with Gasteiger partial charge in [-0.25, -0.2) is 9.37 Å². The summed E-state index contributed by atoms with van der Waals surface area (Å²) >= 11 is 0. The number of halogens is 1. The summed E-state index contributed by atoms with van der Waals surface area (Å²) in [6.07, 6.45) is 0. The third-order valence-corrected chi connectivity index (χ3v) is 2.46. The number of hydrogen-bond donors (Lipinski definition) is 2. The van der Waals surface area contributed by atoms with E-state index in [1.54, 1.807) is 37.3 Å². The average Bonchev–Trinajstić information content (AvgIpc) is 2.42. The van der Waals surface area contributed by atoms with Crippen LogP contribution in [0.3, 0.4) is 0 Å². The third kappa shape index (κ3) is 2.98. The molecule has 2 rings (SSSR count). The molecule has 0 unspecified atom stereocenters. The summed E-state index contributed by atoms with van der Waals surface area (Å²) in [7, 11) is 0. The van der Waals surface area contributed by atoms with Crippen LogP contribution in [0.1, 0.15) is 11.3 Å². The Morgan fingerprint density at radius 2 is 2.16 bits per heavy atom. The van der Waals surface area contributed by atoms with E-state index in [1.165, 1.54) is 6.07 Å². The van der Waals surface area contributed by atoms with Crippen molar-refractivity contribution in [3.63, 3.8) is 0 Å². The molecule has 0 radical (unpaired) electrons. The Morgan fingerprint density at radius 3 is 2.84 bits per heavy atom. The van der Waals surface area contributed by atoms with Crippen molar-refractivity contribution in [2.24, 2.45) is 10.9 Å². The molecule has 19 heavy (non-hydrogen) atoms. The monoisotopic (exact) mass is 261 g/mol. The summed E-state index contributed by atoms with van der Waals surface area (Å²) in [6, 6.07) is 9.31. The second-order valence-corrected chi connectivity index (χ2v) is 3.86. The predicted octanol–water partition coefficient (Wildman–Crippen LogP) is 2.42. The van der Waals surface area contributed by atoms with E-state index >= 15 is 0 Å². The average molecular weight is 261 g/mol. The topological polar surface area (TPSA) is 80.7 Å². The molecule has 1 heterocycles. The van der Waals surface area contributed by atoms with Gasteiger partial charge >= 0.3 is 0 Å². The molecule has 3 N–H and O–H groups in total. The summed E-state index contributed by atoms with van der Waals surface area (Å²) in [6.45, 7) is 1.66. The van der Waals surface area contributed by atoms with Gasteiger partial charge in [-0.15, -0.1) is 0 Å². The molecule has 0 atom stereocenters. The van der Waals surface area contributed by atoms with Gasteiger partial charge in [0.1, 0.15) is 17.3 Å². The fourth-order valence-corrected chi connectivity index (χ4v) is 1.42. The number of oxime groups is 1. The van der Waals surface area contributed by atoms with E-state index in [1.807, 2.05) is 0 Å². The fraction of sp³-hybridized carbons (Fsp3) is 0.0769. The lowest BCUT2D eigenvalue weighted by Crippen LogP contribution is -2.14. The Kier molecular flexibility index (Phi) is 3.61. The molecule has 0 aliphatic heterocycles. The van der Waals surface area contributed by atoms with E-state index < -0.39 is 0 Å². The van der Waals surface area contributed by atoms with Crippen LogP contribution in [0.2, 0.25) is 0 Å². The molecule has 0 spiro atoms. The lowest BCUT2D eigenvalue weighted by Gasteiger charge is -2.06. The van der Waals surface area contributed by atoms with Crippen molar-refractivity contribution in [1.82, 2.24) is 4.98 Å². The first-order chi connectivity index (χ1) is 9.10. The number of aryl methyl sites for hydroxylation is 1. The van der Waals surface area contributed by atoms with Crippen LogP contribution in [-0.2, 0) is 0 Å². The molecule has 0 amide bonds. The van der Waals surface area contributed by atoms with Crippen LogP contribution >= 0.6 is 0 Å².